The summed E-state index contributed by atoms with van der Waals surface area (Å²) in [4.78, 5) is 6.70. The molecule has 1 aromatic carbocycles. The van der Waals surface area contributed by atoms with Crippen molar-refractivity contribution in [2.75, 3.05) is 25.6 Å². The highest BCUT2D eigenvalue weighted by Gasteiger charge is 2.29. The molecule has 0 bridgehead atoms. The normalized spacial score (nSPS) is 14.5. The van der Waals surface area contributed by atoms with Crippen molar-refractivity contribution in [3.05, 3.63) is 58.8 Å². The third-order valence-electron chi connectivity index (χ3n) is 5.36. The van der Waals surface area contributed by atoms with Crippen molar-refractivity contribution in [2.24, 2.45) is 5.41 Å². The topological polar surface area (TPSA) is 57.6 Å². The number of hydrogen-bond donors (Lipinski definition) is 2. The van der Waals surface area contributed by atoms with Crippen molar-refractivity contribution < 1.29 is 23.0 Å². The molecule has 0 fully saturated rings. The van der Waals surface area contributed by atoms with Crippen LogP contribution in [-0.4, -0.2) is 41.4 Å². The number of unbranched alkanes of at least 4 members (excludes halogenated alkanes) is 1. The molecule has 3 rings (SSSR count). The Hall–Kier alpha value is -2.74. The number of fused-ring (bicyclic) bond motifs is 1. The number of pyridine rings is 1. The van der Waals surface area contributed by atoms with Crippen molar-refractivity contribution in [3.8, 4) is 5.75 Å². The third kappa shape index (κ3) is 8.76. The van der Waals surface area contributed by atoms with Gasteiger partial charge in [0.15, 0.2) is 6.61 Å². The second-order valence-corrected chi connectivity index (χ2v) is 9.89. The van der Waals surface area contributed by atoms with Crippen molar-refractivity contribution in [1.82, 2.24) is 9.88 Å². The van der Waals surface area contributed by atoms with Gasteiger partial charge in [0, 0.05) is 49.8 Å². The Balaban J connectivity index is 0.000000641. The van der Waals surface area contributed by atoms with Crippen LogP contribution < -0.4 is 10.1 Å². The summed E-state index contributed by atoms with van der Waals surface area (Å²) < 4.78 is 42.1. The fraction of sp³-hybridized carbons (Fsp3) is 0.519. The molecule has 2 aromatic rings. The average molecular weight is 494 g/mol. The molecule has 194 valence electrons. The summed E-state index contributed by atoms with van der Waals surface area (Å²) in [6, 6.07) is 7.38. The molecular weight excluding hydrogens is 455 g/mol. The fourth-order valence-corrected chi connectivity index (χ4v) is 3.57. The molecule has 0 aliphatic carbocycles. The Kier molecular flexibility index (Phi) is 10.0. The molecule has 2 N–H and O–H groups in total. The van der Waals surface area contributed by atoms with Gasteiger partial charge >= 0.3 is 6.18 Å². The van der Waals surface area contributed by atoms with Gasteiger partial charge in [0.1, 0.15) is 11.6 Å². The van der Waals surface area contributed by atoms with Gasteiger partial charge in [-0.15, -0.1) is 0 Å². The summed E-state index contributed by atoms with van der Waals surface area (Å²) in [6.45, 7) is 10.3. The molecular formula is C27H38F3N3O2. The van der Waals surface area contributed by atoms with E-state index in [1.54, 1.807) is 13.0 Å². The second-order valence-electron chi connectivity index (χ2n) is 9.89. The van der Waals surface area contributed by atoms with Crippen molar-refractivity contribution >= 4 is 11.5 Å². The van der Waals surface area contributed by atoms with Gasteiger partial charge in [-0.3, -0.25) is 0 Å². The first-order chi connectivity index (χ1) is 16.4. The van der Waals surface area contributed by atoms with Crippen LogP contribution in [0.1, 0.15) is 62.8 Å². The van der Waals surface area contributed by atoms with E-state index in [0.29, 0.717) is 12.1 Å². The Morgan fingerprint density at radius 2 is 1.89 bits per heavy atom. The van der Waals surface area contributed by atoms with Gasteiger partial charge in [-0.05, 0) is 42.0 Å². The molecule has 0 saturated carbocycles. The number of alkyl halides is 3. The van der Waals surface area contributed by atoms with E-state index >= 15 is 0 Å². The molecule has 1 aliphatic heterocycles. The highest BCUT2D eigenvalue weighted by Crippen LogP contribution is 2.37. The zero-order valence-corrected chi connectivity index (χ0v) is 21.6. The first-order valence-electron chi connectivity index (χ1n) is 11.9. The van der Waals surface area contributed by atoms with E-state index < -0.39 is 12.8 Å². The van der Waals surface area contributed by atoms with Crippen LogP contribution in [0.2, 0.25) is 0 Å². The molecule has 1 aliphatic rings. The number of rotatable bonds is 7. The summed E-state index contributed by atoms with van der Waals surface area (Å²) in [6.07, 6.45) is 1.75. The van der Waals surface area contributed by atoms with Crippen LogP contribution in [0.15, 0.2) is 36.5 Å². The molecule has 0 radical (unpaired) electrons. The highest BCUT2D eigenvalue weighted by atomic mass is 19.4. The van der Waals surface area contributed by atoms with Crippen molar-refractivity contribution in [3.63, 3.8) is 0 Å². The van der Waals surface area contributed by atoms with Gasteiger partial charge in [-0.1, -0.05) is 52.3 Å². The van der Waals surface area contributed by atoms with E-state index in [0.717, 1.165) is 30.8 Å². The first-order valence-corrected chi connectivity index (χ1v) is 11.9. The van der Waals surface area contributed by atoms with Crippen LogP contribution in [0.4, 0.5) is 19.0 Å². The van der Waals surface area contributed by atoms with E-state index in [9.17, 15) is 13.2 Å². The average Bonchev–Trinajstić information content (AvgIpc) is 3.13. The maximum absolute atomic E-state index is 12.4. The van der Waals surface area contributed by atoms with Crippen LogP contribution in [0, 0.1) is 12.3 Å². The minimum Gasteiger partial charge on any atom is -0.484 e. The largest absolute Gasteiger partial charge is 0.484 e. The number of hydrogen-bond acceptors (Lipinski definition) is 5. The number of aromatic nitrogens is 1. The number of benzene rings is 1. The Labute approximate surface area is 207 Å². The second kappa shape index (κ2) is 12.3. The summed E-state index contributed by atoms with van der Waals surface area (Å²) in [7, 11) is 1.86. The van der Waals surface area contributed by atoms with Gasteiger partial charge in [0.2, 0.25) is 0 Å². The lowest BCUT2D eigenvalue weighted by atomic mass is 9.99. The number of nitrogens with one attached hydrogen (secondary N) is 1. The maximum atomic E-state index is 12.4. The smallest absolute Gasteiger partial charge is 0.422 e. The van der Waals surface area contributed by atoms with Crippen molar-refractivity contribution in [2.45, 2.75) is 66.7 Å². The minimum absolute atomic E-state index is 0.0972. The van der Waals surface area contributed by atoms with Crippen LogP contribution in [0.5, 0.6) is 5.75 Å². The van der Waals surface area contributed by atoms with Crippen LogP contribution in [0.25, 0.3) is 5.70 Å². The van der Waals surface area contributed by atoms with Gasteiger partial charge in [0.05, 0.1) is 0 Å². The number of aliphatic hydroxyl groups is 1. The predicted molar refractivity (Wildman–Crippen MR) is 135 cm³/mol. The highest BCUT2D eigenvalue weighted by molar-refractivity contribution is 5.74. The third-order valence-corrected chi connectivity index (χ3v) is 5.36. The van der Waals surface area contributed by atoms with E-state index in [-0.39, 0.29) is 17.8 Å². The summed E-state index contributed by atoms with van der Waals surface area (Å²) in [5.41, 5.74) is 5.34. The number of anilines is 1. The molecule has 8 heteroatoms. The van der Waals surface area contributed by atoms with Gasteiger partial charge in [-0.2, -0.15) is 13.2 Å². The zero-order chi connectivity index (χ0) is 26.2. The molecule has 0 spiro atoms. The summed E-state index contributed by atoms with van der Waals surface area (Å²) in [5, 5.41) is 11.6. The summed E-state index contributed by atoms with van der Waals surface area (Å²) in [5.74, 6) is 1.14. The minimum atomic E-state index is -4.34. The Morgan fingerprint density at radius 1 is 1.20 bits per heavy atom. The lowest BCUT2D eigenvalue weighted by Crippen LogP contribution is -2.19. The quantitative estimate of drug-likeness (QED) is 0.458. The number of aryl methyl sites for hydroxylation is 1. The van der Waals surface area contributed by atoms with E-state index in [1.165, 1.54) is 16.8 Å². The monoisotopic (exact) mass is 493 g/mol. The van der Waals surface area contributed by atoms with Gasteiger partial charge in [-0.25, -0.2) is 4.98 Å². The predicted octanol–water partition coefficient (Wildman–Crippen LogP) is 6.55. The zero-order valence-electron chi connectivity index (χ0n) is 21.6. The van der Waals surface area contributed by atoms with Crippen LogP contribution in [0.3, 0.4) is 0 Å². The molecule has 1 aromatic heterocycles. The Morgan fingerprint density at radius 3 is 2.43 bits per heavy atom. The molecule has 0 saturated heterocycles. The number of allylic oxidation sites excluding steroid dienone is 1. The van der Waals surface area contributed by atoms with Gasteiger partial charge < -0.3 is 20.1 Å². The number of nitrogens with zero attached hydrogens (tertiary/aromatic N) is 2. The molecule has 0 unspecified atom stereocenters. The number of aliphatic hydroxyl groups excluding tert-OH is 1. The van der Waals surface area contributed by atoms with Crippen LogP contribution >= 0.6 is 0 Å². The lowest BCUT2D eigenvalue weighted by Gasteiger charge is -2.21. The van der Waals surface area contributed by atoms with E-state index in [1.807, 2.05) is 52.2 Å². The molecule has 2 heterocycles. The van der Waals surface area contributed by atoms with Gasteiger partial charge in [0.25, 0.3) is 0 Å². The maximum Gasteiger partial charge on any atom is 0.422 e. The number of ether oxygens (including phenoxy) is 1. The van der Waals surface area contributed by atoms with E-state index in [4.69, 9.17) is 9.84 Å². The molecule has 5 nitrogen and oxygen atoms in total. The molecule has 35 heavy (non-hydrogen) atoms. The first kappa shape index (κ1) is 28.5. The molecule has 0 amide bonds. The molecule has 0 atom stereocenters. The fourth-order valence-electron chi connectivity index (χ4n) is 3.57. The van der Waals surface area contributed by atoms with Crippen LogP contribution in [-0.2, 0) is 13.1 Å². The van der Waals surface area contributed by atoms with E-state index in [2.05, 4.69) is 28.2 Å². The number of halogens is 3. The summed E-state index contributed by atoms with van der Waals surface area (Å²) >= 11 is 0. The Bertz CT molecular complexity index is 998. The SMILES string of the molecule is CC(C)(C)CO.CCCC=C1c2ccnc(NC)c2CN1Cc1ccc(OCC(F)(F)F)c(C)c1. The van der Waals surface area contributed by atoms with Crippen molar-refractivity contribution in [1.29, 1.82) is 0 Å². The standard InChI is InChI=1S/C22H26F3N3O.C5H12O/c1-4-5-6-19-17-9-10-27-21(26-3)18(17)13-28(19)12-16-7-8-20(15(2)11-16)29-14-22(23,24)25;1-5(2,3)4-6/h6-11H,4-5,12-14H2,1-3H3,(H,26,27);6H,4H2,1-3H3. The lowest BCUT2D eigenvalue weighted by molar-refractivity contribution is -0.153.